The molecule has 0 saturated carbocycles. The summed E-state index contributed by atoms with van der Waals surface area (Å²) in [4.78, 5) is 45.3. The number of nitrogens with zero attached hydrogens (tertiary/aromatic N) is 2. The number of rotatable bonds is 6. The molecule has 2 N–H and O–H groups in total. The van der Waals surface area contributed by atoms with Crippen LogP contribution in [0.3, 0.4) is 0 Å². The van der Waals surface area contributed by atoms with E-state index in [1.807, 2.05) is 53.6 Å². The van der Waals surface area contributed by atoms with Crippen molar-refractivity contribution in [3.05, 3.63) is 71.4 Å². The van der Waals surface area contributed by atoms with Crippen LogP contribution in [0, 0.1) is 0 Å². The molecule has 34 heavy (non-hydrogen) atoms. The molecular formula is C27H30N4O3. The third-order valence-corrected chi connectivity index (χ3v) is 7.41. The lowest BCUT2D eigenvalue weighted by Crippen LogP contribution is -2.58. The van der Waals surface area contributed by atoms with Gasteiger partial charge in [0.1, 0.15) is 0 Å². The average Bonchev–Trinajstić information content (AvgIpc) is 3.41. The fourth-order valence-corrected chi connectivity index (χ4v) is 5.45. The Morgan fingerprint density at radius 3 is 2.56 bits per heavy atom. The van der Waals surface area contributed by atoms with Gasteiger partial charge in [-0.15, -0.1) is 0 Å². The fourth-order valence-electron chi connectivity index (χ4n) is 5.45. The number of amides is 3. The molecule has 5 rings (SSSR count). The number of nitrogens with one attached hydrogen (secondary N) is 2. The summed E-state index contributed by atoms with van der Waals surface area (Å²) in [7, 11) is 0. The van der Waals surface area contributed by atoms with Crippen LogP contribution in [0.15, 0.2) is 54.7 Å². The Kier molecular flexibility index (Phi) is 5.86. The first kappa shape index (κ1) is 22.2. The molecule has 2 aromatic carbocycles. The Morgan fingerprint density at radius 2 is 1.79 bits per heavy atom. The topological polar surface area (TPSA) is 85.5 Å². The Hall–Kier alpha value is -3.61. The zero-order valence-corrected chi connectivity index (χ0v) is 19.5. The van der Waals surface area contributed by atoms with E-state index < -0.39 is 5.54 Å². The first-order chi connectivity index (χ1) is 16.5. The maximum absolute atomic E-state index is 13.3. The summed E-state index contributed by atoms with van der Waals surface area (Å²) in [6.45, 7) is 3.72. The van der Waals surface area contributed by atoms with Gasteiger partial charge in [0.05, 0.1) is 12.0 Å². The molecular weight excluding hydrogens is 428 g/mol. The lowest BCUT2D eigenvalue weighted by atomic mass is 9.82. The number of benzene rings is 2. The number of aromatic amines is 1. The number of fused-ring (bicyclic) bond motifs is 2. The Balaban J connectivity index is 1.28. The van der Waals surface area contributed by atoms with Crippen LogP contribution in [0.1, 0.15) is 47.7 Å². The number of aromatic nitrogens is 1. The van der Waals surface area contributed by atoms with E-state index in [4.69, 9.17) is 0 Å². The molecule has 0 unspecified atom stereocenters. The highest BCUT2D eigenvalue weighted by Crippen LogP contribution is 2.38. The summed E-state index contributed by atoms with van der Waals surface area (Å²) in [6.07, 6.45) is 4.17. The first-order valence-electron chi connectivity index (χ1n) is 11.9. The van der Waals surface area contributed by atoms with Gasteiger partial charge in [0, 0.05) is 55.8 Å². The van der Waals surface area contributed by atoms with Gasteiger partial charge in [-0.25, -0.2) is 0 Å². The van der Waals surface area contributed by atoms with E-state index >= 15 is 0 Å². The van der Waals surface area contributed by atoms with Crippen molar-refractivity contribution in [3.63, 3.8) is 0 Å². The second-order valence-electron chi connectivity index (χ2n) is 9.42. The number of hydrogen-bond donors (Lipinski definition) is 2. The largest absolute Gasteiger partial charge is 0.361 e. The van der Waals surface area contributed by atoms with Gasteiger partial charge in [0.15, 0.2) is 0 Å². The van der Waals surface area contributed by atoms with Crippen molar-refractivity contribution in [2.24, 2.45) is 0 Å². The van der Waals surface area contributed by atoms with Crippen molar-refractivity contribution in [1.82, 2.24) is 20.1 Å². The third-order valence-electron chi connectivity index (χ3n) is 7.41. The Bertz CT molecular complexity index is 1240. The van der Waals surface area contributed by atoms with Crippen molar-refractivity contribution in [2.75, 3.05) is 19.6 Å². The molecule has 176 valence electrons. The molecule has 0 spiro atoms. The Labute approximate surface area is 199 Å². The number of H-pyrrole nitrogens is 1. The molecule has 1 saturated heterocycles. The van der Waals surface area contributed by atoms with E-state index in [0.717, 1.165) is 23.1 Å². The Morgan fingerprint density at radius 1 is 1.06 bits per heavy atom. The molecule has 0 radical (unpaired) electrons. The third kappa shape index (κ3) is 4.06. The van der Waals surface area contributed by atoms with E-state index in [2.05, 4.69) is 16.4 Å². The SMILES string of the molecule is CC(=O)N1CCC(CC(=O)NCCc2c[nH]c3ccccc23)(N2Cc3ccccc3C2=O)CC1. The van der Waals surface area contributed by atoms with Gasteiger partial charge in [-0.1, -0.05) is 36.4 Å². The van der Waals surface area contributed by atoms with Gasteiger partial charge in [-0.3, -0.25) is 14.4 Å². The van der Waals surface area contributed by atoms with E-state index in [-0.39, 0.29) is 24.1 Å². The lowest BCUT2D eigenvalue weighted by Gasteiger charge is -2.47. The van der Waals surface area contributed by atoms with Gasteiger partial charge in [0.2, 0.25) is 11.8 Å². The normalized spacial score (nSPS) is 17.1. The highest BCUT2D eigenvalue weighted by atomic mass is 16.2. The van der Waals surface area contributed by atoms with Crippen LogP contribution in [0.5, 0.6) is 0 Å². The molecule has 3 aromatic rings. The quantitative estimate of drug-likeness (QED) is 0.595. The molecule has 3 amide bonds. The van der Waals surface area contributed by atoms with Crippen molar-refractivity contribution in [3.8, 4) is 0 Å². The first-order valence-corrected chi connectivity index (χ1v) is 11.9. The summed E-state index contributed by atoms with van der Waals surface area (Å²) < 4.78 is 0. The second kappa shape index (κ2) is 8.97. The zero-order valence-electron chi connectivity index (χ0n) is 19.5. The molecule has 7 heteroatoms. The highest BCUT2D eigenvalue weighted by molar-refractivity contribution is 5.99. The number of piperidine rings is 1. The number of hydrogen-bond acceptors (Lipinski definition) is 3. The molecule has 0 bridgehead atoms. The van der Waals surface area contributed by atoms with Gasteiger partial charge in [-0.05, 0) is 42.5 Å². The molecule has 0 aliphatic carbocycles. The molecule has 0 atom stereocenters. The van der Waals surface area contributed by atoms with Gasteiger partial charge < -0.3 is 20.1 Å². The van der Waals surface area contributed by atoms with Crippen LogP contribution >= 0.6 is 0 Å². The van der Waals surface area contributed by atoms with Gasteiger partial charge in [0.25, 0.3) is 5.91 Å². The highest BCUT2D eigenvalue weighted by Gasteiger charge is 2.47. The van der Waals surface area contributed by atoms with E-state index in [0.29, 0.717) is 39.0 Å². The molecule has 3 heterocycles. The minimum atomic E-state index is -0.590. The molecule has 1 aromatic heterocycles. The van der Waals surface area contributed by atoms with E-state index in [9.17, 15) is 14.4 Å². The molecule has 1 fully saturated rings. The van der Waals surface area contributed by atoms with E-state index in [1.165, 1.54) is 10.9 Å². The summed E-state index contributed by atoms with van der Waals surface area (Å²) in [5, 5.41) is 4.25. The minimum absolute atomic E-state index is 0.0153. The van der Waals surface area contributed by atoms with Crippen molar-refractivity contribution < 1.29 is 14.4 Å². The summed E-state index contributed by atoms with van der Waals surface area (Å²) >= 11 is 0. The van der Waals surface area contributed by atoms with Gasteiger partial charge in [-0.2, -0.15) is 0 Å². The van der Waals surface area contributed by atoms with Crippen LogP contribution in [-0.2, 0) is 22.6 Å². The standard InChI is InChI=1S/C27H30N4O3/c1-19(32)30-14-11-27(12-15-30,31-18-21-6-2-3-8-23(21)26(31)34)16-25(33)28-13-10-20-17-29-24-9-5-4-7-22(20)24/h2-9,17,29H,10-16,18H2,1H3,(H,28,33). The van der Waals surface area contributed by atoms with Crippen LogP contribution in [0.2, 0.25) is 0 Å². The average molecular weight is 459 g/mol. The monoisotopic (exact) mass is 458 g/mol. The van der Waals surface area contributed by atoms with E-state index in [1.54, 1.807) is 11.8 Å². The maximum Gasteiger partial charge on any atom is 0.254 e. The molecule has 7 nitrogen and oxygen atoms in total. The molecule has 2 aliphatic heterocycles. The van der Waals surface area contributed by atoms with Crippen molar-refractivity contribution in [1.29, 1.82) is 0 Å². The van der Waals surface area contributed by atoms with Crippen LogP contribution in [0.25, 0.3) is 10.9 Å². The maximum atomic E-state index is 13.3. The summed E-state index contributed by atoms with van der Waals surface area (Å²) in [5.74, 6) is -0.0360. The smallest absolute Gasteiger partial charge is 0.254 e. The predicted molar refractivity (Wildman–Crippen MR) is 130 cm³/mol. The van der Waals surface area contributed by atoms with Gasteiger partial charge >= 0.3 is 0 Å². The fraction of sp³-hybridized carbons (Fsp3) is 0.370. The number of para-hydroxylation sites is 1. The zero-order chi connectivity index (χ0) is 23.7. The second-order valence-corrected chi connectivity index (χ2v) is 9.42. The molecule has 2 aliphatic rings. The van der Waals surface area contributed by atoms with Crippen LogP contribution in [0.4, 0.5) is 0 Å². The number of carbonyl (C=O) groups is 3. The predicted octanol–water partition coefficient (Wildman–Crippen LogP) is 3.25. The van der Waals surface area contributed by atoms with Crippen LogP contribution < -0.4 is 5.32 Å². The van der Waals surface area contributed by atoms with Crippen LogP contribution in [-0.4, -0.2) is 57.7 Å². The summed E-state index contributed by atoms with van der Waals surface area (Å²) in [6, 6.07) is 15.8. The number of likely N-dealkylation sites (tertiary alicyclic amines) is 1. The lowest BCUT2D eigenvalue weighted by molar-refractivity contribution is -0.132. The minimum Gasteiger partial charge on any atom is -0.361 e. The van der Waals surface area contributed by atoms with Crippen molar-refractivity contribution >= 4 is 28.6 Å². The number of carbonyl (C=O) groups excluding carboxylic acids is 3. The summed E-state index contributed by atoms with van der Waals surface area (Å²) in [5.41, 5.74) is 3.39. The van der Waals surface area contributed by atoms with Crippen molar-refractivity contribution in [2.45, 2.75) is 44.7 Å².